The molecule has 3 aromatic carbocycles. The van der Waals surface area contributed by atoms with Crippen LogP contribution >= 0.6 is 23.2 Å². The van der Waals surface area contributed by atoms with Gasteiger partial charge in [0.15, 0.2) is 0 Å². The van der Waals surface area contributed by atoms with Crippen LogP contribution in [0.3, 0.4) is 0 Å². The SMILES string of the molecule is CCOc1ccccc1NC(=O)C1=C(C)Nc2ncnn2C1c1ccc(OCc2c(Cl)cccc2Cl)cc1. The van der Waals surface area contributed by atoms with Crippen molar-refractivity contribution in [3.63, 3.8) is 0 Å². The fourth-order valence-electron chi connectivity index (χ4n) is 4.31. The number of allylic oxidation sites excluding steroid dienone is 1. The first-order valence-corrected chi connectivity index (χ1v) is 12.8. The molecule has 1 aliphatic rings. The van der Waals surface area contributed by atoms with Gasteiger partial charge in [0.2, 0.25) is 5.95 Å². The van der Waals surface area contributed by atoms with Gasteiger partial charge in [-0.1, -0.05) is 53.5 Å². The third-order valence-corrected chi connectivity index (χ3v) is 6.82. The molecule has 4 aromatic rings. The molecule has 2 heterocycles. The van der Waals surface area contributed by atoms with Crippen LogP contribution in [0.4, 0.5) is 11.6 Å². The van der Waals surface area contributed by atoms with Gasteiger partial charge in [0.05, 0.1) is 17.9 Å². The van der Waals surface area contributed by atoms with E-state index in [9.17, 15) is 4.79 Å². The Balaban J connectivity index is 1.42. The molecule has 1 aliphatic heterocycles. The van der Waals surface area contributed by atoms with E-state index in [0.29, 0.717) is 51.1 Å². The molecule has 0 saturated carbocycles. The fourth-order valence-corrected chi connectivity index (χ4v) is 4.81. The Hall–Kier alpha value is -4.01. The van der Waals surface area contributed by atoms with Gasteiger partial charge in [-0.3, -0.25) is 4.79 Å². The minimum absolute atomic E-state index is 0.227. The van der Waals surface area contributed by atoms with Crippen LogP contribution < -0.4 is 20.1 Å². The Bertz CT molecular complexity index is 1480. The summed E-state index contributed by atoms with van der Waals surface area (Å²) in [6.07, 6.45) is 1.46. The Labute approximate surface area is 230 Å². The van der Waals surface area contributed by atoms with E-state index in [4.69, 9.17) is 32.7 Å². The predicted octanol–water partition coefficient (Wildman–Crippen LogP) is 6.49. The van der Waals surface area contributed by atoms with Crippen molar-refractivity contribution in [1.29, 1.82) is 0 Å². The van der Waals surface area contributed by atoms with Crippen LogP contribution in [0.1, 0.15) is 31.0 Å². The third kappa shape index (κ3) is 5.18. The summed E-state index contributed by atoms with van der Waals surface area (Å²) in [6.45, 7) is 4.46. The molecular weight excluding hydrogens is 525 g/mol. The molecule has 0 bridgehead atoms. The number of carbonyl (C=O) groups excluding carboxylic acids is 1. The van der Waals surface area contributed by atoms with E-state index in [1.54, 1.807) is 22.9 Å². The van der Waals surface area contributed by atoms with Crippen molar-refractivity contribution in [3.8, 4) is 11.5 Å². The minimum atomic E-state index is -0.514. The van der Waals surface area contributed by atoms with Crippen molar-refractivity contribution >= 4 is 40.7 Å². The molecular formula is C28H25Cl2N5O3. The molecule has 10 heteroatoms. The molecule has 1 unspecified atom stereocenters. The number of anilines is 2. The lowest BCUT2D eigenvalue weighted by Gasteiger charge is -2.29. The summed E-state index contributed by atoms with van der Waals surface area (Å²) in [6, 6.07) is 19.6. The molecule has 0 spiro atoms. The van der Waals surface area contributed by atoms with Crippen molar-refractivity contribution in [2.45, 2.75) is 26.5 Å². The second kappa shape index (κ2) is 11.2. The fraction of sp³-hybridized carbons (Fsp3) is 0.179. The van der Waals surface area contributed by atoms with E-state index in [1.165, 1.54) is 6.33 Å². The largest absolute Gasteiger partial charge is 0.492 e. The summed E-state index contributed by atoms with van der Waals surface area (Å²) >= 11 is 12.5. The van der Waals surface area contributed by atoms with E-state index < -0.39 is 6.04 Å². The van der Waals surface area contributed by atoms with Crippen LogP contribution in [0, 0.1) is 0 Å². The summed E-state index contributed by atoms with van der Waals surface area (Å²) in [4.78, 5) is 18.0. The van der Waals surface area contributed by atoms with Gasteiger partial charge in [-0.2, -0.15) is 10.1 Å². The van der Waals surface area contributed by atoms with Gasteiger partial charge in [-0.05, 0) is 55.8 Å². The summed E-state index contributed by atoms with van der Waals surface area (Å²) in [5.74, 6) is 1.51. The van der Waals surface area contributed by atoms with Crippen LogP contribution in [0.15, 0.2) is 84.3 Å². The van der Waals surface area contributed by atoms with Crippen LogP contribution in [0.25, 0.3) is 0 Å². The summed E-state index contributed by atoms with van der Waals surface area (Å²) in [7, 11) is 0. The summed E-state index contributed by atoms with van der Waals surface area (Å²) in [5, 5.41) is 11.7. The second-order valence-electron chi connectivity index (χ2n) is 8.54. The number of rotatable bonds is 8. The number of aromatic nitrogens is 3. The first-order chi connectivity index (χ1) is 18.5. The number of para-hydroxylation sites is 2. The van der Waals surface area contributed by atoms with Gasteiger partial charge in [-0.25, -0.2) is 4.68 Å². The zero-order chi connectivity index (χ0) is 26.6. The molecule has 0 aliphatic carbocycles. The molecule has 1 aromatic heterocycles. The number of fused-ring (bicyclic) bond motifs is 1. The number of amides is 1. The van der Waals surface area contributed by atoms with Gasteiger partial charge in [0, 0.05) is 21.3 Å². The number of ether oxygens (including phenoxy) is 2. The Morgan fingerprint density at radius 2 is 1.76 bits per heavy atom. The van der Waals surface area contributed by atoms with Gasteiger partial charge in [0.25, 0.3) is 5.91 Å². The third-order valence-electron chi connectivity index (χ3n) is 6.11. The highest BCUT2D eigenvalue weighted by atomic mass is 35.5. The zero-order valence-electron chi connectivity index (χ0n) is 20.7. The molecule has 0 fully saturated rings. The van der Waals surface area contributed by atoms with Gasteiger partial charge in [0.1, 0.15) is 30.5 Å². The maximum Gasteiger partial charge on any atom is 0.255 e. The first kappa shape index (κ1) is 25.6. The van der Waals surface area contributed by atoms with E-state index in [0.717, 1.165) is 11.1 Å². The van der Waals surface area contributed by atoms with Crippen LogP contribution in [-0.4, -0.2) is 27.3 Å². The highest BCUT2D eigenvalue weighted by Gasteiger charge is 2.33. The Kier molecular flexibility index (Phi) is 7.53. The standard InChI is InChI=1S/C28H25Cl2N5O3/c1-3-37-24-10-5-4-9-23(24)34-27(36)25-17(2)33-28-31-16-32-35(28)26(25)18-11-13-19(14-12-18)38-15-20-21(29)7-6-8-22(20)30/h4-14,16,26H,3,15H2,1-2H3,(H,34,36)(H,31,32,33). The first-order valence-electron chi connectivity index (χ1n) is 12.0. The number of carbonyl (C=O) groups is 1. The highest BCUT2D eigenvalue weighted by molar-refractivity contribution is 6.35. The lowest BCUT2D eigenvalue weighted by Crippen LogP contribution is -2.31. The van der Waals surface area contributed by atoms with Gasteiger partial charge in [-0.15, -0.1) is 0 Å². The maximum atomic E-state index is 13.7. The van der Waals surface area contributed by atoms with E-state index in [2.05, 4.69) is 20.7 Å². The van der Waals surface area contributed by atoms with Crippen LogP contribution in [0.5, 0.6) is 11.5 Å². The monoisotopic (exact) mass is 549 g/mol. The van der Waals surface area contributed by atoms with Crippen molar-refractivity contribution in [2.24, 2.45) is 0 Å². The Morgan fingerprint density at radius 1 is 1.03 bits per heavy atom. The number of hydrogen-bond acceptors (Lipinski definition) is 6. The molecule has 2 N–H and O–H groups in total. The van der Waals surface area contributed by atoms with Crippen molar-refractivity contribution in [2.75, 3.05) is 17.2 Å². The lowest BCUT2D eigenvalue weighted by molar-refractivity contribution is -0.113. The molecule has 0 radical (unpaired) electrons. The zero-order valence-corrected chi connectivity index (χ0v) is 22.3. The molecule has 5 rings (SSSR count). The smallest absolute Gasteiger partial charge is 0.255 e. The van der Waals surface area contributed by atoms with Crippen LogP contribution in [0.2, 0.25) is 10.0 Å². The number of hydrogen-bond donors (Lipinski definition) is 2. The normalized spacial score (nSPS) is 14.5. The summed E-state index contributed by atoms with van der Waals surface area (Å²) in [5.41, 5.74) is 3.32. The predicted molar refractivity (Wildman–Crippen MR) is 148 cm³/mol. The topological polar surface area (TPSA) is 90.3 Å². The van der Waals surface area contributed by atoms with Gasteiger partial charge < -0.3 is 20.1 Å². The molecule has 194 valence electrons. The molecule has 1 amide bonds. The quantitative estimate of drug-likeness (QED) is 0.261. The number of nitrogens with zero attached hydrogens (tertiary/aromatic N) is 3. The highest BCUT2D eigenvalue weighted by Crippen LogP contribution is 2.36. The molecule has 1 atom stereocenters. The van der Waals surface area contributed by atoms with E-state index in [1.807, 2.05) is 62.4 Å². The van der Waals surface area contributed by atoms with E-state index in [-0.39, 0.29) is 12.5 Å². The summed E-state index contributed by atoms with van der Waals surface area (Å²) < 4.78 is 13.3. The average molecular weight is 550 g/mol. The van der Waals surface area contributed by atoms with Crippen molar-refractivity contribution in [1.82, 2.24) is 14.8 Å². The molecule has 8 nitrogen and oxygen atoms in total. The van der Waals surface area contributed by atoms with Crippen molar-refractivity contribution < 1.29 is 14.3 Å². The minimum Gasteiger partial charge on any atom is -0.492 e. The van der Waals surface area contributed by atoms with Crippen LogP contribution in [-0.2, 0) is 11.4 Å². The Morgan fingerprint density at radius 3 is 2.50 bits per heavy atom. The second-order valence-corrected chi connectivity index (χ2v) is 9.35. The molecule has 0 saturated heterocycles. The van der Waals surface area contributed by atoms with Gasteiger partial charge >= 0.3 is 0 Å². The number of halogens is 2. The number of benzene rings is 3. The average Bonchev–Trinajstić information content (AvgIpc) is 3.37. The number of nitrogens with one attached hydrogen (secondary N) is 2. The molecule has 38 heavy (non-hydrogen) atoms. The lowest BCUT2D eigenvalue weighted by atomic mass is 9.95. The van der Waals surface area contributed by atoms with Crippen molar-refractivity contribution in [3.05, 3.63) is 105 Å². The van der Waals surface area contributed by atoms with E-state index >= 15 is 0 Å². The maximum absolute atomic E-state index is 13.7.